The van der Waals surface area contributed by atoms with Gasteiger partial charge in [0, 0.05) is 37.6 Å². The van der Waals surface area contributed by atoms with Gasteiger partial charge in [0.25, 0.3) is 0 Å². The number of aromatic nitrogens is 2. The van der Waals surface area contributed by atoms with Crippen molar-refractivity contribution >= 4 is 27.4 Å². The highest BCUT2D eigenvalue weighted by molar-refractivity contribution is 7.18. The third-order valence-corrected chi connectivity index (χ3v) is 6.91. The first-order valence-corrected chi connectivity index (χ1v) is 11.0. The van der Waals surface area contributed by atoms with Gasteiger partial charge in [-0.05, 0) is 52.3 Å². The van der Waals surface area contributed by atoms with Crippen molar-refractivity contribution in [3.8, 4) is 0 Å². The molecular weight excluding hydrogens is 358 g/mol. The molecule has 6 nitrogen and oxygen atoms in total. The number of piperazine rings is 1. The summed E-state index contributed by atoms with van der Waals surface area (Å²) in [6.07, 6.45) is 2.31. The molecule has 2 saturated heterocycles. The Morgan fingerprint density at radius 2 is 1.70 bits per heavy atom. The second-order valence-corrected chi connectivity index (χ2v) is 9.25. The molecule has 1 atom stereocenters. The molecule has 2 fully saturated rings. The molecule has 148 valence electrons. The third kappa shape index (κ3) is 4.11. The molecule has 2 aliphatic rings. The fraction of sp³-hybridized carbons (Fsp3) is 0.700. The molecule has 27 heavy (non-hydrogen) atoms. The van der Waals surface area contributed by atoms with E-state index >= 15 is 0 Å². The predicted molar refractivity (Wildman–Crippen MR) is 112 cm³/mol. The third-order valence-electron chi connectivity index (χ3n) is 5.81. The Labute approximate surface area is 165 Å². The van der Waals surface area contributed by atoms with Gasteiger partial charge in [0.1, 0.15) is 16.5 Å². The maximum atomic E-state index is 9.66. The first kappa shape index (κ1) is 19.1. The average Bonchev–Trinajstić information content (AvgIpc) is 3.23. The lowest BCUT2D eigenvalue weighted by molar-refractivity contribution is 0.122. The van der Waals surface area contributed by atoms with Crippen LogP contribution >= 0.6 is 11.3 Å². The Balaban J connectivity index is 1.61. The van der Waals surface area contributed by atoms with E-state index in [2.05, 4.69) is 28.5 Å². The molecule has 0 bridgehead atoms. The molecular formula is C20H31N5OS. The molecule has 0 radical (unpaired) electrons. The minimum absolute atomic E-state index is 0.267. The molecule has 0 amide bonds. The Kier molecular flexibility index (Phi) is 5.64. The molecule has 0 spiro atoms. The lowest BCUT2D eigenvalue weighted by Gasteiger charge is -2.36. The summed E-state index contributed by atoms with van der Waals surface area (Å²) in [5.41, 5.74) is 1.32. The van der Waals surface area contributed by atoms with Gasteiger partial charge in [-0.1, -0.05) is 0 Å². The summed E-state index contributed by atoms with van der Waals surface area (Å²) in [4.78, 5) is 19.7. The SMILES string of the molecule is Cc1sc2nc(CN3CCCC3)nc(N3CCN(C[C@@H](C)O)CC3)c2c1C. The van der Waals surface area contributed by atoms with E-state index in [9.17, 15) is 5.11 Å². The molecule has 4 heterocycles. The molecule has 0 saturated carbocycles. The second kappa shape index (κ2) is 7.99. The lowest BCUT2D eigenvalue weighted by Crippen LogP contribution is -2.48. The summed E-state index contributed by atoms with van der Waals surface area (Å²) < 4.78 is 0. The number of likely N-dealkylation sites (tertiary alicyclic amines) is 1. The number of aliphatic hydroxyl groups is 1. The maximum absolute atomic E-state index is 9.66. The summed E-state index contributed by atoms with van der Waals surface area (Å²) in [7, 11) is 0. The van der Waals surface area contributed by atoms with Crippen molar-refractivity contribution in [2.24, 2.45) is 0 Å². The van der Waals surface area contributed by atoms with Gasteiger partial charge < -0.3 is 10.0 Å². The highest BCUT2D eigenvalue weighted by Gasteiger charge is 2.24. The van der Waals surface area contributed by atoms with Gasteiger partial charge in [0.05, 0.1) is 18.0 Å². The zero-order valence-electron chi connectivity index (χ0n) is 16.7. The second-order valence-electron chi connectivity index (χ2n) is 8.05. The average molecular weight is 390 g/mol. The van der Waals surface area contributed by atoms with Gasteiger partial charge in [0.15, 0.2) is 0 Å². The first-order chi connectivity index (χ1) is 13.0. The van der Waals surface area contributed by atoms with Crippen LogP contribution in [0, 0.1) is 13.8 Å². The van der Waals surface area contributed by atoms with Crippen LogP contribution in [0.3, 0.4) is 0 Å². The fourth-order valence-electron chi connectivity index (χ4n) is 4.23. The normalized spacial score (nSPS) is 20.7. The van der Waals surface area contributed by atoms with Crippen LogP contribution in [0.4, 0.5) is 5.82 Å². The van der Waals surface area contributed by atoms with E-state index in [-0.39, 0.29) is 6.10 Å². The van der Waals surface area contributed by atoms with Crippen LogP contribution in [-0.4, -0.2) is 76.8 Å². The molecule has 4 rings (SSSR count). The van der Waals surface area contributed by atoms with Crippen molar-refractivity contribution in [3.63, 3.8) is 0 Å². The summed E-state index contributed by atoms with van der Waals surface area (Å²) in [6.45, 7) is 14.0. The fourth-order valence-corrected chi connectivity index (χ4v) is 5.27. The van der Waals surface area contributed by atoms with Gasteiger partial charge in [-0.3, -0.25) is 9.80 Å². The first-order valence-electron chi connectivity index (χ1n) is 10.2. The number of fused-ring (bicyclic) bond motifs is 1. The van der Waals surface area contributed by atoms with Crippen molar-refractivity contribution in [1.29, 1.82) is 0 Å². The molecule has 2 aliphatic heterocycles. The number of rotatable bonds is 5. The van der Waals surface area contributed by atoms with Crippen LogP contribution in [0.25, 0.3) is 10.2 Å². The predicted octanol–water partition coefficient (Wildman–Crippen LogP) is 2.41. The number of thiophene rings is 1. The minimum Gasteiger partial charge on any atom is -0.392 e. The largest absolute Gasteiger partial charge is 0.392 e. The molecule has 0 unspecified atom stereocenters. The van der Waals surface area contributed by atoms with E-state index < -0.39 is 0 Å². The summed E-state index contributed by atoms with van der Waals surface area (Å²) in [5, 5.41) is 10.9. The number of hydrogen-bond donors (Lipinski definition) is 1. The molecule has 7 heteroatoms. The van der Waals surface area contributed by atoms with Gasteiger partial charge >= 0.3 is 0 Å². The number of β-amino-alcohol motifs (C(OH)–C–C–N with tert-alkyl or cyclic N) is 1. The molecule has 0 aromatic carbocycles. The van der Waals surface area contributed by atoms with Gasteiger partial charge in [-0.2, -0.15) is 0 Å². The van der Waals surface area contributed by atoms with E-state index in [0.717, 1.165) is 68.8 Å². The lowest BCUT2D eigenvalue weighted by atomic mass is 10.2. The van der Waals surface area contributed by atoms with E-state index in [1.165, 1.54) is 28.7 Å². The van der Waals surface area contributed by atoms with Gasteiger partial charge in [-0.25, -0.2) is 9.97 Å². The van der Waals surface area contributed by atoms with E-state index in [1.807, 2.05) is 6.92 Å². The zero-order valence-corrected chi connectivity index (χ0v) is 17.6. The maximum Gasteiger partial charge on any atom is 0.146 e. The van der Waals surface area contributed by atoms with Crippen LogP contribution in [0.5, 0.6) is 0 Å². The monoisotopic (exact) mass is 389 g/mol. The Hall–Kier alpha value is -1.28. The summed E-state index contributed by atoms with van der Waals surface area (Å²) >= 11 is 1.80. The summed E-state index contributed by atoms with van der Waals surface area (Å²) in [5.74, 6) is 2.08. The molecule has 1 N–H and O–H groups in total. The van der Waals surface area contributed by atoms with Crippen LogP contribution in [0.2, 0.25) is 0 Å². The Morgan fingerprint density at radius 3 is 2.37 bits per heavy atom. The highest BCUT2D eigenvalue weighted by atomic mass is 32.1. The van der Waals surface area contributed by atoms with Crippen molar-refractivity contribution in [2.45, 2.75) is 46.3 Å². The number of aliphatic hydroxyl groups excluding tert-OH is 1. The van der Waals surface area contributed by atoms with Crippen LogP contribution < -0.4 is 4.90 Å². The Morgan fingerprint density at radius 1 is 1.00 bits per heavy atom. The van der Waals surface area contributed by atoms with E-state index in [0.29, 0.717) is 0 Å². The van der Waals surface area contributed by atoms with E-state index in [4.69, 9.17) is 9.97 Å². The number of nitrogens with zero attached hydrogens (tertiary/aromatic N) is 5. The van der Waals surface area contributed by atoms with Crippen LogP contribution in [-0.2, 0) is 6.54 Å². The highest BCUT2D eigenvalue weighted by Crippen LogP contribution is 2.35. The van der Waals surface area contributed by atoms with Crippen LogP contribution in [0.1, 0.15) is 36.0 Å². The minimum atomic E-state index is -0.267. The van der Waals surface area contributed by atoms with Crippen molar-refractivity contribution in [3.05, 3.63) is 16.3 Å². The zero-order chi connectivity index (χ0) is 19.0. The molecule has 2 aromatic heterocycles. The number of anilines is 1. The van der Waals surface area contributed by atoms with Crippen molar-refractivity contribution in [2.75, 3.05) is 50.7 Å². The summed E-state index contributed by atoms with van der Waals surface area (Å²) in [6, 6.07) is 0. The quantitative estimate of drug-likeness (QED) is 0.848. The van der Waals surface area contributed by atoms with Gasteiger partial charge in [-0.15, -0.1) is 11.3 Å². The standard InChI is InChI=1S/C20H31N5OS/c1-14(26)12-24-8-10-25(11-9-24)19-18-15(2)16(3)27-20(18)22-17(21-19)13-23-6-4-5-7-23/h14,26H,4-13H2,1-3H3/t14-/m1/s1. The van der Waals surface area contributed by atoms with Crippen molar-refractivity contribution < 1.29 is 5.11 Å². The van der Waals surface area contributed by atoms with Gasteiger partial charge in [0.2, 0.25) is 0 Å². The van der Waals surface area contributed by atoms with E-state index in [1.54, 1.807) is 11.3 Å². The number of hydrogen-bond acceptors (Lipinski definition) is 7. The number of aryl methyl sites for hydroxylation is 2. The topological polar surface area (TPSA) is 55.7 Å². The van der Waals surface area contributed by atoms with Crippen molar-refractivity contribution in [1.82, 2.24) is 19.8 Å². The smallest absolute Gasteiger partial charge is 0.146 e. The molecule has 2 aromatic rings. The Bertz CT molecular complexity index is 791. The molecule has 0 aliphatic carbocycles. The van der Waals surface area contributed by atoms with Crippen LogP contribution in [0.15, 0.2) is 0 Å².